The van der Waals surface area contributed by atoms with Crippen LogP contribution in [0.3, 0.4) is 0 Å². The second-order valence-corrected chi connectivity index (χ2v) is 7.01. The molecule has 0 aliphatic heterocycles. The van der Waals surface area contributed by atoms with Gasteiger partial charge in [0.1, 0.15) is 0 Å². The summed E-state index contributed by atoms with van der Waals surface area (Å²) in [6.45, 7) is 7.67. The molecule has 0 spiro atoms. The van der Waals surface area contributed by atoms with Crippen LogP contribution in [-0.2, 0) is 17.1 Å². The number of pyridine rings is 2. The number of rotatable bonds is 4. The van der Waals surface area contributed by atoms with E-state index in [0.717, 1.165) is 31.2 Å². The topological polar surface area (TPSA) is 129 Å². The first-order chi connectivity index (χ1) is 15.3. The average Bonchev–Trinajstić information content (AvgIpc) is 2.83. The predicted molar refractivity (Wildman–Crippen MR) is 122 cm³/mol. The van der Waals surface area contributed by atoms with Crippen LogP contribution in [0.2, 0.25) is 0 Å². The van der Waals surface area contributed by atoms with Gasteiger partial charge in [-0.05, 0) is 47.2 Å². The maximum absolute atomic E-state index is 11.8. The van der Waals surface area contributed by atoms with E-state index in [2.05, 4.69) is 9.97 Å². The molecule has 0 amide bonds. The molecule has 8 heteroatoms. The molecule has 0 atom stereocenters. The van der Waals surface area contributed by atoms with Gasteiger partial charge in [-0.2, -0.15) is 0 Å². The zero-order valence-electron chi connectivity index (χ0n) is 19.7. The van der Waals surface area contributed by atoms with Crippen molar-refractivity contribution in [3.05, 3.63) is 77.6 Å². The Morgan fingerprint density at radius 2 is 1.27 bits per heavy atom. The Morgan fingerprint density at radius 1 is 0.818 bits per heavy atom. The van der Waals surface area contributed by atoms with Gasteiger partial charge in [0.05, 0.1) is 17.4 Å². The molecule has 0 bridgehead atoms. The number of carbonyl (C=O) groups excluding carboxylic acids is 1. The van der Waals surface area contributed by atoms with Gasteiger partial charge in [0.15, 0.2) is 0 Å². The van der Waals surface area contributed by atoms with E-state index in [4.69, 9.17) is 10.2 Å². The third-order valence-electron chi connectivity index (χ3n) is 4.24. The van der Waals surface area contributed by atoms with Crippen LogP contribution in [0.1, 0.15) is 61.0 Å². The minimum atomic E-state index is -1.39. The number of carboxylic acids is 1. The first-order valence-corrected chi connectivity index (χ1v) is 10.1. The van der Waals surface area contributed by atoms with Crippen molar-refractivity contribution in [1.29, 1.82) is 0 Å². The van der Waals surface area contributed by atoms with Gasteiger partial charge < -0.3 is 25.2 Å². The Balaban J connectivity index is 0. The third kappa shape index (κ3) is 10.6. The largest absolute Gasteiger partial charge is 2.00 e. The fourth-order valence-corrected chi connectivity index (χ4v) is 2.62. The molecule has 3 aromatic rings. The quantitative estimate of drug-likeness (QED) is 0.523. The molecule has 33 heavy (non-hydrogen) atoms. The first-order valence-electron chi connectivity index (χ1n) is 10.1. The molecule has 1 aromatic carbocycles. The second kappa shape index (κ2) is 17.7. The summed E-state index contributed by atoms with van der Waals surface area (Å²) >= 11 is 0. The summed E-state index contributed by atoms with van der Waals surface area (Å²) in [5, 5.41) is 36.7. The third-order valence-corrected chi connectivity index (χ3v) is 4.24. The number of benzene rings is 1. The van der Waals surface area contributed by atoms with E-state index in [1.807, 2.05) is 64.1 Å². The van der Waals surface area contributed by atoms with Crippen LogP contribution in [-0.4, -0.2) is 40.4 Å². The Labute approximate surface area is 206 Å². The Morgan fingerprint density at radius 3 is 1.58 bits per heavy atom. The van der Waals surface area contributed by atoms with Crippen LogP contribution in [0.25, 0.3) is 11.4 Å². The van der Waals surface area contributed by atoms with Crippen molar-refractivity contribution in [2.45, 2.75) is 39.5 Å². The molecule has 0 unspecified atom stereocenters. The van der Waals surface area contributed by atoms with Crippen molar-refractivity contribution < 1.29 is 42.3 Å². The SMILES string of the molecule is CC(C)c1cc(C(=O)[O-])c([O-])c(C(C)C)c1.CO.CO.[Cu+2].c1ccc(-c2ccccn2)nc1. The van der Waals surface area contributed by atoms with E-state index >= 15 is 0 Å². The van der Waals surface area contributed by atoms with Gasteiger partial charge in [-0.1, -0.05) is 63.3 Å². The number of carbonyl (C=O) groups is 1. The van der Waals surface area contributed by atoms with Crippen molar-refractivity contribution in [2.75, 3.05) is 14.2 Å². The maximum Gasteiger partial charge on any atom is 2.00 e. The van der Waals surface area contributed by atoms with Crippen LogP contribution in [0.4, 0.5) is 0 Å². The van der Waals surface area contributed by atoms with Crippen molar-refractivity contribution in [3.8, 4) is 17.1 Å². The standard InChI is InChI=1S/C13H18O3.C10H8N2.2CH4O.Cu/c1-7(2)9-5-10(8(3)4)12(14)11(6-9)13(15)16;1-3-7-11-9(5-1)10-6-2-4-8-12-10;2*1-2;/h5-8,14H,1-4H3,(H,15,16);1-8H;2*2H,1H3;/q;;;;+2/p-2. The molecule has 1 radical (unpaired) electrons. The molecule has 7 nitrogen and oxygen atoms in total. The van der Waals surface area contributed by atoms with Gasteiger partial charge in [0, 0.05) is 26.6 Å². The minimum Gasteiger partial charge on any atom is -0.872 e. The van der Waals surface area contributed by atoms with E-state index < -0.39 is 11.7 Å². The summed E-state index contributed by atoms with van der Waals surface area (Å²) in [5.41, 5.74) is 3.01. The fraction of sp³-hybridized carbons (Fsp3) is 0.320. The smallest absolute Gasteiger partial charge is 0.872 e. The van der Waals surface area contributed by atoms with Gasteiger partial charge >= 0.3 is 17.1 Å². The van der Waals surface area contributed by atoms with Gasteiger partial charge in [0.25, 0.3) is 0 Å². The number of aliphatic hydroxyl groups excluding tert-OH is 2. The van der Waals surface area contributed by atoms with Gasteiger partial charge in [-0.25, -0.2) is 0 Å². The molecular formula is C25H32CuN2O5. The van der Waals surface area contributed by atoms with E-state index in [0.29, 0.717) is 5.56 Å². The molecule has 0 saturated heterocycles. The van der Waals surface area contributed by atoms with E-state index in [-0.39, 0.29) is 34.5 Å². The fourth-order valence-electron chi connectivity index (χ4n) is 2.62. The molecule has 0 aliphatic carbocycles. The monoisotopic (exact) mass is 503 g/mol. The zero-order valence-corrected chi connectivity index (χ0v) is 20.7. The van der Waals surface area contributed by atoms with Crippen molar-refractivity contribution in [2.24, 2.45) is 0 Å². The molecule has 3 rings (SSSR count). The van der Waals surface area contributed by atoms with E-state index in [1.165, 1.54) is 6.07 Å². The summed E-state index contributed by atoms with van der Waals surface area (Å²) in [6.07, 6.45) is 3.54. The normalized spacial score (nSPS) is 9.27. The average molecular weight is 504 g/mol. The summed E-state index contributed by atoms with van der Waals surface area (Å²) in [7, 11) is 2.00. The zero-order chi connectivity index (χ0) is 24.7. The summed E-state index contributed by atoms with van der Waals surface area (Å²) in [5.74, 6) is -1.60. The van der Waals surface area contributed by atoms with Crippen molar-refractivity contribution in [1.82, 2.24) is 9.97 Å². The van der Waals surface area contributed by atoms with Crippen LogP contribution in [0.15, 0.2) is 60.9 Å². The second-order valence-electron chi connectivity index (χ2n) is 7.01. The van der Waals surface area contributed by atoms with Gasteiger partial charge in [-0.15, -0.1) is 0 Å². The Bertz CT molecular complexity index is 883. The summed E-state index contributed by atoms with van der Waals surface area (Å²) in [6, 6.07) is 14.8. The molecule has 0 aliphatic rings. The molecule has 2 heterocycles. The minimum absolute atomic E-state index is 0. The molecule has 0 saturated carbocycles. The number of aromatic nitrogens is 2. The number of carboxylic acid groups (broad SMARTS) is 1. The molecule has 2 N–H and O–H groups in total. The number of aliphatic hydroxyl groups is 2. The number of hydrogen-bond acceptors (Lipinski definition) is 7. The van der Waals surface area contributed by atoms with Crippen LogP contribution in [0.5, 0.6) is 5.75 Å². The van der Waals surface area contributed by atoms with Crippen LogP contribution < -0.4 is 10.2 Å². The summed E-state index contributed by atoms with van der Waals surface area (Å²) in [4.78, 5) is 19.2. The number of aromatic carboxylic acids is 1. The molecule has 183 valence electrons. The van der Waals surface area contributed by atoms with Crippen molar-refractivity contribution >= 4 is 5.97 Å². The predicted octanol–water partition coefficient (Wildman–Crippen LogP) is 2.73. The Hall–Kier alpha value is -2.77. The van der Waals surface area contributed by atoms with E-state index in [1.54, 1.807) is 18.5 Å². The molecule has 2 aromatic heterocycles. The van der Waals surface area contributed by atoms with Crippen LogP contribution in [0, 0.1) is 0 Å². The Kier molecular flexibility index (Phi) is 17.4. The van der Waals surface area contributed by atoms with Crippen molar-refractivity contribution in [3.63, 3.8) is 0 Å². The first kappa shape index (κ1) is 32.4. The number of nitrogens with zero attached hydrogens (tertiary/aromatic N) is 2. The molecular weight excluding hydrogens is 472 g/mol. The van der Waals surface area contributed by atoms with Crippen LogP contribution >= 0.6 is 0 Å². The van der Waals surface area contributed by atoms with Gasteiger partial charge in [0.2, 0.25) is 0 Å². The molecule has 0 fully saturated rings. The number of hydrogen-bond donors (Lipinski definition) is 2. The maximum atomic E-state index is 11.8. The summed E-state index contributed by atoms with van der Waals surface area (Å²) < 4.78 is 0. The van der Waals surface area contributed by atoms with Gasteiger partial charge in [-0.3, -0.25) is 9.97 Å². The van der Waals surface area contributed by atoms with E-state index in [9.17, 15) is 15.0 Å².